The number of benzene rings is 1. The van der Waals surface area contributed by atoms with Gasteiger partial charge in [-0.3, -0.25) is 0 Å². The van der Waals surface area contributed by atoms with E-state index in [9.17, 15) is 5.11 Å². The van der Waals surface area contributed by atoms with Crippen LogP contribution in [0, 0.1) is 5.92 Å². The fourth-order valence-corrected chi connectivity index (χ4v) is 1.74. The molecule has 0 radical (unpaired) electrons. The maximum atomic E-state index is 9.64. The van der Waals surface area contributed by atoms with Gasteiger partial charge in [-0.1, -0.05) is 38.1 Å². The third-order valence-corrected chi connectivity index (χ3v) is 3.46. The van der Waals surface area contributed by atoms with Crippen LogP contribution < -0.4 is 5.32 Å². The number of hydrogen-bond donors (Lipinski definition) is 2. The summed E-state index contributed by atoms with van der Waals surface area (Å²) in [6.07, 6.45) is 0.769. The van der Waals surface area contributed by atoms with Crippen LogP contribution in [0.1, 0.15) is 45.7 Å². The monoisotopic (exact) mass is 249 g/mol. The van der Waals surface area contributed by atoms with Crippen molar-refractivity contribution in [3.8, 4) is 0 Å². The number of aliphatic hydroxyl groups is 1. The minimum atomic E-state index is -0.363. The first-order valence-electron chi connectivity index (χ1n) is 6.82. The molecule has 1 aromatic rings. The van der Waals surface area contributed by atoms with E-state index in [2.05, 4.69) is 43.4 Å². The molecule has 0 aliphatic heterocycles. The van der Waals surface area contributed by atoms with Crippen molar-refractivity contribution in [2.75, 3.05) is 0 Å². The highest BCUT2D eigenvalue weighted by atomic mass is 16.3. The molecule has 0 saturated heterocycles. The van der Waals surface area contributed by atoms with Gasteiger partial charge in [0.1, 0.15) is 0 Å². The van der Waals surface area contributed by atoms with Crippen molar-refractivity contribution in [2.24, 2.45) is 5.92 Å². The summed E-state index contributed by atoms with van der Waals surface area (Å²) >= 11 is 0. The van der Waals surface area contributed by atoms with Gasteiger partial charge in [-0.2, -0.15) is 0 Å². The quantitative estimate of drug-likeness (QED) is 0.812. The molecule has 1 atom stereocenters. The van der Waals surface area contributed by atoms with Gasteiger partial charge in [-0.25, -0.2) is 0 Å². The Morgan fingerprint density at radius 1 is 1.06 bits per heavy atom. The maximum Gasteiger partial charge on any atom is 0.0688 e. The normalized spacial score (nSPS) is 13.9. The number of rotatable bonds is 6. The molecule has 0 aliphatic carbocycles. The van der Waals surface area contributed by atoms with E-state index in [4.69, 9.17) is 0 Å². The zero-order valence-electron chi connectivity index (χ0n) is 12.3. The Kier molecular flexibility index (Phi) is 5.36. The summed E-state index contributed by atoms with van der Waals surface area (Å²) in [5.74, 6) is 0.697. The molecule has 0 fully saturated rings. The lowest BCUT2D eigenvalue weighted by atomic mass is 9.98. The van der Waals surface area contributed by atoms with E-state index in [-0.39, 0.29) is 11.6 Å². The lowest BCUT2D eigenvalue weighted by Gasteiger charge is -2.29. The molecule has 2 N–H and O–H groups in total. The highest BCUT2D eigenvalue weighted by Gasteiger charge is 2.22. The lowest BCUT2D eigenvalue weighted by molar-refractivity contribution is 0.0956. The molecule has 1 rings (SSSR count). The van der Waals surface area contributed by atoms with Crippen molar-refractivity contribution < 1.29 is 5.11 Å². The summed E-state index contributed by atoms with van der Waals surface area (Å²) in [7, 11) is 0. The molecule has 102 valence electrons. The molecule has 0 heterocycles. The van der Waals surface area contributed by atoms with Gasteiger partial charge in [0.15, 0.2) is 0 Å². The second-order valence-corrected chi connectivity index (χ2v) is 6.17. The van der Waals surface area contributed by atoms with Gasteiger partial charge in [0.05, 0.1) is 6.10 Å². The van der Waals surface area contributed by atoms with Crippen molar-refractivity contribution in [3.63, 3.8) is 0 Å². The van der Waals surface area contributed by atoms with Crippen LogP contribution in [0.4, 0.5) is 0 Å². The van der Waals surface area contributed by atoms with Crippen LogP contribution in [0.2, 0.25) is 0 Å². The van der Waals surface area contributed by atoms with Gasteiger partial charge in [0.25, 0.3) is 0 Å². The van der Waals surface area contributed by atoms with Gasteiger partial charge in [0, 0.05) is 12.1 Å². The average molecular weight is 249 g/mol. The maximum absolute atomic E-state index is 9.64. The highest BCUT2D eigenvalue weighted by Crippen LogP contribution is 2.12. The van der Waals surface area contributed by atoms with Crippen LogP contribution in [-0.2, 0) is 13.0 Å². The van der Waals surface area contributed by atoms with Gasteiger partial charge in [-0.05, 0) is 44.2 Å². The van der Waals surface area contributed by atoms with Crippen LogP contribution in [0.15, 0.2) is 24.3 Å². The molecular formula is C16H27NO. The fourth-order valence-electron chi connectivity index (χ4n) is 1.74. The highest BCUT2D eigenvalue weighted by molar-refractivity contribution is 5.23. The molecule has 2 heteroatoms. The first kappa shape index (κ1) is 15.2. The van der Waals surface area contributed by atoms with Crippen molar-refractivity contribution in [3.05, 3.63) is 35.4 Å². The van der Waals surface area contributed by atoms with Crippen molar-refractivity contribution >= 4 is 0 Å². The standard InChI is InChI=1S/C16H27NO/c1-12(2)10-14-6-8-15(9-7-14)11-17-16(4,5)13(3)18/h6-9,12-13,17-18H,10-11H2,1-5H3. The van der Waals surface area contributed by atoms with Gasteiger partial charge < -0.3 is 10.4 Å². The van der Waals surface area contributed by atoms with Crippen molar-refractivity contribution in [1.29, 1.82) is 0 Å². The van der Waals surface area contributed by atoms with Crippen LogP contribution in [0.25, 0.3) is 0 Å². The summed E-state index contributed by atoms with van der Waals surface area (Å²) in [5.41, 5.74) is 2.40. The molecule has 18 heavy (non-hydrogen) atoms. The number of nitrogens with one attached hydrogen (secondary N) is 1. The molecule has 1 aromatic carbocycles. The molecule has 0 aliphatic rings. The minimum Gasteiger partial charge on any atom is -0.392 e. The van der Waals surface area contributed by atoms with E-state index in [1.807, 2.05) is 20.8 Å². The smallest absolute Gasteiger partial charge is 0.0688 e. The van der Waals surface area contributed by atoms with E-state index in [1.54, 1.807) is 0 Å². The van der Waals surface area contributed by atoms with Crippen LogP contribution >= 0.6 is 0 Å². The van der Waals surface area contributed by atoms with E-state index in [0.29, 0.717) is 5.92 Å². The van der Waals surface area contributed by atoms with Crippen molar-refractivity contribution in [2.45, 2.75) is 59.2 Å². The third-order valence-electron chi connectivity index (χ3n) is 3.46. The van der Waals surface area contributed by atoms with Crippen LogP contribution in [0.5, 0.6) is 0 Å². The Balaban J connectivity index is 2.54. The van der Waals surface area contributed by atoms with Gasteiger partial charge in [0.2, 0.25) is 0 Å². The van der Waals surface area contributed by atoms with Crippen LogP contribution in [-0.4, -0.2) is 16.7 Å². The predicted octanol–water partition coefficient (Wildman–Crippen LogP) is 3.13. The first-order valence-corrected chi connectivity index (χ1v) is 6.82. The van der Waals surface area contributed by atoms with E-state index in [0.717, 1.165) is 13.0 Å². The van der Waals surface area contributed by atoms with E-state index >= 15 is 0 Å². The summed E-state index contributed by atoms with van der Waals surface area (Å²) in [4.78, 5) is 0. The van der Waals surface area contributed by atoms with Gasteiger partial charge in [-0.15, -0.1) is 0 Å². The summed E-state index contributed by atoms with van der Waals surface area (Å²) in [6.45, 7) is 11.1. The fraction of sp³-hybridized carbons (Fsp3) is 0.625. The first-order chi connectivity index (χ1) is 8.31. The largest absolute Gasteiger partial charge is 0.392 e. The molecule has 0 amide bonds. The Labute approximate surface area is 111 Å². The predicted molar refractivity (Wildman–Crippen MR) is 77.6 cm³/mol. The van der Waals surface area contributed by atoms with Crippen LogP contribution in [0.3, 0.4) is 0 Å². The third kappa shape index (κ3) is 4.79. The molecule has 0 saturated carbocycles. The lowest BCUT2D eigenvalue weighted by Crippen LogP contribution is -2.47. The molecule has 1 unspecified atom stereocenters. The second kappa shape index (κ2) is 6.35. The Hall–Kier alpha value is -0.860. The number of hydrogen-bond acceptors (Lipinski definition) is 2. The molecule has 2 nitrogen and oxygen atoms in total. The molecule has 0 aromatic heterocycles. The Bertz CT molecular complexity index is 352. The second-order valence-electron chi connectivity index (χ2n) is 6.17. The SMILES string of the molecule is CC(C)Cc1ccc(CNC(C)(C)C(C)O)cc1. The summed E-state index contributed by atoms with van der Waals surface area (Å²) < 4.78 is 0. The zero-order valence-corrected chi connectivity index (χ0v) is 12.3. The van der Waals surface area contributed by atoms with Gasteiger partial charge >= 0.3 is 0 Å². The Morgan fingerprint density at radius 3 is 2.00 bits per heavy atom. The summed E-state index contributed by atoms with van der Waals surface area (Å²) in [6, 6.07) is 8.74. The van der Waals surface area contributed by atoms with Crippen molar-refractivity contribution in [1.82, 2.24) is 5.32 Å². The zero-order chi connectivity index (χ0) is 13.8. The molecule has 0 spiro atoms. The van der Waals surface area contributed by atoms with E-state index < -0.39 is 0 Å². The minimum absolute atomic E-state index is 0.253. The Morgan fingerprint density at radius 2 is 1.56 bits per heavy atom. The topological polar surface area (TPSA) is 32.3 Å². The number of aliphatic hydroxyl groups excluding tert-OH is 1. The van der Waals surface area contributed by atoms with E-state index in [1.165, 1.54) is 11.1 Å². The summed E-state index contributed by atoms with van der Waals surface area (Å²) in [5, 5.41) is 13.0. The molecular weight excluding hydrogens is 222 g/mol. The molecule has 0 bridgehead atoms. The average Bonchev–Trinajstić information content (AvgIpc) is 2.27.